The van der Waals surface area contributed by atoms with Crippen molar-refractivity contribution in [1.82, 2.24) is 4.31 Å². The molecule has 0 saturated carbocycles. The maximum atomic E-state index is 12.9. The molecule has 1 unspecified atom stereocenters. The van der Waals surface area contributed by atoms with Crippen LogP contribution in [0.5, 0.6) is 11.5 Å². The van der Waals surface area contributed by atoms with E-state index in [1.54, 1.807) is 19.2 Å². The molecule has 0 N–H and O–H groups in total. The number of hydrogen-bond donors (Lipinski definition) is 0. The first-order chi connectivity index (χ1) is 12.5. The van der Waals surface area contributed by atoms with E-state index in [2.05, 4.69) is 6.07 Å². The van der Waals surface area contributed by atoms with Crippen LogP contribution in [0.1, 0.15) is 11.1 Å². The lowest BCUT2D eigenvalue weighted by molar-refractivity contribution is 0.0202. The fourth-order valence-corrected chi connectivity index (χ4v) is 4.49. The summed E-state index contributed by atoms with van der Waals surface area (Å²) in [5.41, 5.74) is 2.38. The van der Waals surface area contributed by atoms with Gasteiger partial charge in [0.15, 0.2) is 11.5 Å². The van der Waals surface area contributed by atoms with Crippen LogP contribution in [0, 0.1) is 0 Å². The van der Waals surface area contributed by atoms with Gasteiger partial charge in [0, 0.05) is 26.1 Å². The van der Waals surface area contributed by atoms with Gasteiger partial charge in [-0.1, -0.05) is 24.3 Å². The molecule has 2 aliphatic rings. The normalized spacial score (nSPS) is 19.2. The molecule has 0 amide bonds. The number of fused-ring (bicyclic) bond motifs is 2. The number of ether oxygens (including phenoxy) is 3. The van der Waals surface area contributed by atoms with E-state index in [0.29, 0.717) is 44.3 Å². The van der Waals surface area contributed by atoms with Gasteiger partial charge in [0.2, 0.25) is 10.0 Å². The van der Waals surface area contributed by atoms with Crippen molar-refractivity contribution in [1.29, 1.82) is 0 Å². The fraction of sp³-hybridized carbons (Fsp3) is 0.368. The smallest absolute Gasteiger partial charge is 0.243 e. The molecule has 0 radical (unpaired) electrons. The number of hydrogen-bond acceptors (Lipinski definition) is 5. The highest BCUT2D eigenvalue weighted by Crippen LogP contribution is 2.33. The Hall–Kier alpha value is -2.09. The van der Waals surface area contributed by atoms with Gasteiger partial charge < -0.3 is 14.2 Å². The van der Waals surface area contributed by atoms with Crippen LogP contribution in [-0.2, 0) is 27.8 Å². The Labute approximate surface area is 153 Å². The van der Waals surface area contributed by atoms with Crippen molar-refractivity contribution >= 4 is 10.0 Å². The molecule has 4 rings (SSSR count). The fourth-order valence-electron chi connectivity index (χ4n) is 3.28. The molecule has 2 aromatic carbocycles. The number of sulfonamides is 1. The van der Waals surface area contributed by atoms with Gasteiger partial charge in [0.1, 0.15) is 13.2 Å². The van der Waals surface area contributed by atoms with Gasteiger partial charge in [-0.05, 0) is 23.3 Å². The Morgan fingerprint density at radius 2 is 1.77 bits per heavy atom. The van der Waals surface area contributed by atoms with Gasteiger partial charge in [-0.3, -0.25) is 0 Å². The number of nitrogens with zero attached hydrogens (tertiary/aromatic N) is 1. The van der Waals surface area contributed by atoms with Crippen LogP contribution in [0.25, 0.3) is 0 Å². The molecule has 7 heteroatoms. The minimum absolute atomic E-state index is 0.165. The predicted molar refractivity (Wildman–Crippen MR) is 96.0 cm³/mol. The van der Waals surface area contributed by atoms with Crippen LogP contribution in [0.3, 0.4) is 0 Å². The Balaban J connectivity index is 1.50. The molecule has 0 fully saturated rings. The van der Waals surface area contributed by atoms with Crippen LogP contribution in [0.2, 0.25) is 0 Å². The van der Waals surface area contributed by atoms with Crippen LogP contribution >= 0.6 is 0 Å². The maximum Gasteiger partial charge on any atom is 0.243 e. The predicted octanol–water partition coefficient (Wildman–Crippen LogP) is 2.22. The van der Waals surface area contributed by atoms with Gasteiger partial charge in [-0.15, -0.1) is 0 Å². The topological polar surface area (TPSA) is 65.1 Å². The zero-order valence-electron chi connectivity index (χ0n) is 14.6. The molecule has 138 valence electrons. The summed E-state index contributed by atoms with van der Waals surface area (Å²) in [7, 11) is -2.05. The molecule has 0 aliphatic carbocycles. The van der Waals surface area contributed by atoms with Crippen LogP contribution < -0.4 is 9.47 Å². The minimum atomic E-state index is -3.63. The number of rotatable bonds is 4. The van der Waals surface area contributed by atoms with E-state index in [1.807, 2.05) is 18.2 Å². The summed E-state index contributed by atoms with van der Waals surface area (Å²) in [5.74, 6) is 1.04. The maximum absolute atomic E-state index is 12.9. The van der Waals surface area contributed by atoms with E-state index < -0.39 is 10.0 Å². The Bertz CT molecular complexity index is 912. The van der Waals surface area contributed by atoms with Gasteiger partial charge in [0.05, 0.1) is 17.6 Å². The Morgan fingerprint density at radius 1 is 1.04 bits per heavy atom. The van der Waals surface area contributed by atoms with Gasteiger partial charge in [0.25, 0.3) is 0 Å². The van der Waals surface area contributed by atoms with Crippen LogP contribution in [0.15, 0.2) is 47.4 Å². The van der Waals surface area contributed by atoms with E-state index >= 15 is 0 Å². The monoisotopic (exact) mass is 375 g/mol. The average molecular weight is 375 g/mol. The van der Waals surface area contributed by atoms with Gasteiger partial charge >= 0.3 is 0 Å². The summed E-state index contributed by atoms with van der Waals surface area (Å²) < 4.78 is 44.0. The van der Waals surface area contributed by atoms with Crippen molar-refractivity contribution in [3.05, 3.63) is 53.6 Å². The summed E-state index contributed by atoms with van der Waals surface area (Å²) >= 11 is 0. The molecule has 26 heavy (non-hydrogen) atoms. The summed E-state index contributed by atoms with van der Waals surface area (Å²) in [6, 6.07) is 12.8. The average Bonchev–Trinajstić information content (AvgIpc) is 2.67. The second kappa shape index (κ2) is 6.90. The van der Waals surface area contributed by atoms with E-state index in [1.165, 1.54) is 21.5 Å². The standard InChI is InChI=1S/C19H21NO5S/c1-20(12-16-10-14-4-2-3-5-15(14)13-25-16)26(21,22)17-6-7-18-19(11-17)24-9-8-23-18/h2-7,11,16H,8-10,12-13H2,1H3. The first kappa shape index (κ1) is 17.3. The van der Waals surface area contributed by atoms with E-state index in [4.69, 9.17) is 14.2 Å². The van der Waals surface area contributed by atoms with Crippen molar-refractivity contribution < 1.29 is 22.6 Å². The molecule has 0 bridgehead atoms. The lowest BCUT2D eigenvalue weighted by Gasteiger charge is -2.29. The summed E-state index contributed by atoms with van der Waals surface area (Å²) in [6.07, 6.45) is 0.541. The SMILES string of the molecule is CN(CC1Cc2ccccc2CO1)S(=O)(=O)c1ccc2c(c1)OCCO2. The van der Waals surface area contributed by atoms with Crippen molar-refractivity contribution in [2.75, 3.05) is 26.8 Å². The third-order valence-electron chi connectivity index (χ3n) is 4.72. The zero-order chi connectivity index (χ0) is 18.1. The minimum Gasteiger partial charge on any atom is -0.486 e. The van der Waals surface area contributed by atoms with Crippen molar-refractivity contribution in [3.8, 4) is 11.5 Å². The summed E-state index contributed by atoms with van der Waals surface area (Å²) in [6.45, 7) is 1.70. The molecule has 1 atom stereocenters. The molecule has 0 aromatic heterocycles. The first-order valence-corrected chi connectivity index (χ1v) is 10.0. The van der Waals surface area contributed by atoms with Crippen LogP contribution in [0.4, 0.5) is 0 Å². The highest BCUT2D eigenvalue weighted by atomic mass is 32.2. The molecule has 2 heterocycles. The Morgan fingerprint density at radius 3 is 2.58 bits per heavy atom. The molecule has 0 saturated heterocycles. The lowest BCUT2D eigenvalue weighted by Crippen LogP contribution is -2.38. The number of benzene rings is 2. The third kappa shape index (κ3) is 3.30. The molecule has 0 spiro atoms. The second-order valence-electron chi connectivity index (χ2n) is 6.50. The zero-order valence-corrected chi connectivity index (χ0v) is 15.4. The highest BCUT2D eigenvalue weighted by Gasteiger charge is 2.28. The van der Waals surface area contributed by atoms with E-state index in [0.717, 1.165) is 0 Å². The molecule has 2 aliphatic heterocycles. The van der Waals surface area contributed by atoms with Gasteiger partial charge in [-0.2, -0.15) is 4.31 Å². The summed E-state index contributed by atoms with van der Waals surface area (Å²) in [5, 5.41) is 0. The summed E-state index contributed by atoms with van der Waals surface area (Å²) in [4.78, 5) is 0.195. The third-order valence-corrected chi connectivity index (χ3v) is 6.54. The quantitative estimate of drug-likeness (QED) is 0.820. The largest absolute Gasteiger partial charge is 0.486 e. The first-order valence-electron chi connectivity index (χ1n) is 8.58. The van der Waals surface area contributed by atoms with E-state index in [-0.39, 0.29) is 11.0 Å². The Kier molecular flexibility index (Phi) is 4.60. The number of likely N-dealkylation sites (N-methyl/N-ethyl adjacent to an activating group) is 1. The van der Waals surface area contributed by atoms with Crippen molar-refractivity contribution in [3.63, 3.8) is 0 Å². The van der Waals surface area contributed by atoms with Crippen molar-refractivity contribution in [2.24, 2.45) is 0 Å². The van der Waals surface area contributed by atoms with Crippen LogP contribution in [-0.4, -0.2) is 45.6 Å². The molecular weight excluding hydrogens is 354 g/mol. The second-order valence-corrected chi connectivity index (χ2v) is 8.54. The van der Waals surface area contributed by atoms with Gasteiger partial charge in [-0.25, -0.2) is 8.42 Å². The van der Waals surface area contributed by atoms with E-state index in [9.17, 15) is 8.42 Å². The van der Waals surface area contributed by atoms with Crippen molar-refractivity contribution in [2.45, 2.75) is 24.0 Å². The highest BCUT2D eigenvalue weighted by molar-refractivity contribution is 7.89. The lowest BCUT2D eigenvalue weighted by atomic mass is 9.99. The molecular formula is C19H21NO5S. The molecule has 2 aromatic rings. The molecule has 6 nitrogen and oxygen atoms in total.